The van der Waals surface area contributed by atoms with E-state index < -0.39 is 129 Å². The van der Waals surface area contributed by atoms with Crippen molar-refractivity contribution in [2.24, 2.45) is 29.6 Å². The lowest BCUT2D eigenvalue weighted by molar-refractivity contribution is -0.282. The molecule has 0 aromatic heterocycles. The Labute approximate surface area is 569 Å². The van der Waals surface area contributed by atoms with Gasteiger partial charge in [-0.05, 0) is 102 Å². The lowest BCUT2D eigenvalue weighted by Gasteiger charge is -2.40. The average molecular weight is 1370 g/mol. The van der Waals surface area contributed by atoms with Gasteiger partial charge in [0.25, 0.3) is 0 Å². The molecule has 3 rings (SSSR count). The first-order valence-electron chi connectivity index (χ1n) is 33.3. The zero-order valence-electron chi connectivity index (χ0n) is 54.3. The largest absolute Gasteiger partial charge is 0.394 e. The van der Waals surface area contributed by atoms with Crippen molar-refractivity contribution in [3.8, 4) is 0 Å². The Morgan fingerprint density at radius 1 is 0.400 bits per heavy atom. The Balaban J connectivity index is -0.0000169. The number of aliphatic hydroxyl groups is 9. The number of unbranched alkanes of at least 4 members (excludes halogenated alkanes) is 7. The molecular formula is C68H135N5O22. The van der Waals surface area contributed by atoms with Crippen molar-refractivity contribution in [3.63, 3.8) is 0 Å². The summed E-state index contributed by atoms with van der Waals surface area (Å²) in [6.45, 7) is 11.1. The molecule has 564 valence electrons. The van der Waals surface area contributed by atoms with Crippen molar-refractivity contribution in [1.82, 2.24) is 26.6 Å². The third-order valence-electron chi connectivity index (χ3n) is 16.9. The third-order valence-corrected chi connectivity index (χ3v) is 16.9. The molecule has 0 radical (unpaired) electrons. The molecule has 0 bridgehead atoms. The van der Waals surface area contributed by atoms with E-state index >= 15 is 0 Å². The van der Waals surface area contributed by atoms with Gasteiger partial charge in [0.2, 0.25) is 29.5 Å². The number of carbonyl (C=O) groups excluding carboxylic acids is 6. The molecular weight excluding hydrogens is 1240 g/mol. The maximum Gasteiger partial charge on any atom is 0.223 e. The lowest BCUT2D eigenvalue weighted by Crippen LogP contribution is -2.55. The number of amides is 5. The molecule has 95 heavy (non-hydrogen) atoms. The van der Waals surface area contributed by atoms with Crippen LogP contribution in [0.3, 0.4) is 0 Å². The van der Waals surface area contributed by atoms with Crippen molar-refractivity contribution in [2.75, 3.05) is 79.0 Å². The number of carbonyl (C=O) groups is 6. The van der Waals surface area contributed by atoms with E-state index in [1.165, 1.54) is 0 Å². The molecule has 0 saturated carbocycles. The van der Waals surface area contributed by atoms with Gasteiger partial charge in [-0.1, -0.05) is 84.6 Å². The first kappa shape index (κ1) is 95.6. The Kier molecular flexibility index (Phi) is 55.5. The summed E-state index contributed by atoms with van der Waals surface area (Å²) in [6, 6.07) is -0.962. The minimum absolute atomic E-state index is 0. The number of hydrogen-bond donors (Lipinski definition) is 14. The van der Waals surface area contributed by atoms with E-state index in [9.17, 15) is 74.7 Å². The van der Waals surface area contributed by atoms with Crippen molar-refractivity contribution in [3.05, 3.63) is 0 Å². The van der Waals surface area contributed by atoms with E-state index in [-0.39, 0.29) is 118 Å². The average Bonchev–Trinajstić information content (AvgIpc) is 2.74. The van der Waals surface area contributed by atoms with Gasteiger partial charge in [0.15, 0.2) is 24.7 Å². The fourth-order valence-corrected chi connectivity index (χ4v) is 10.8. The molecule has 27 heteroatoms. The van der Waals surface area contributed by atoms with Crippen molar-refractivity contribution < 1.29 is 108 Å². The zero-order valence-corrected chi connectivity index (χ0v) is 54.3. The first-order chi connectivity index (χ1) is 43.1. The summed E-state index contributed by atoms with van der Waals surface area (Å²) in [5.74, 6) is -3.36. The van der Waals surface area contributed by atoms with Crippen LogP contribution >= 0.6 is 0 Å². The summed E-state index contributed by atoms with van der Waals surface area (Å²) in [5.41, 5.74) is 0. The molecule has 3 aliphatic rings. The smallest absolute Gasteiger partial charge is 0.223 e. The van der Waals surface area contributed by atoms with E-state index in [1.807, 2.05) is 0 Å². The van der Waals surface area contributed by atoms with Crippen LogP contribution in [0.25, 0.3) is 0 Å². The number of ether oxygens (including phenoxy) is 7. The summed E-state index contributed by atoms with van der Waals surface area (Å²) < 4.78 is 39.8. The van der Waals surface area contributed by atoms with E-state index in [0.717, 1.165) is 12.8 Å². The van der Waals surface area contributed by atoms with Crippen LogP contribution in [0.15, 0.2) is 0 Å². The summed E-state index contributed by atoms with van der Waals surface area (Å²) >= 11 is 0. The van der Waals surface area contributed by atoms with Crippen LogP contribution in [0.4, 0.5) is 0 Å². The summed E-state index contributed by atoms with van der Waals surface area (Å²) in [6.07, 6.45) is -3.26. The van der Waals surface area contributed by atoms with Crippen molar-refractivity contribution in [2.45, 2.75) is 293 Å². The Morgan fingerprint density at radius 2 is 0.758 bits per heavy atom. The fourth-order valence-electron chi connectivity index (χ4n) is 10.8. The monoisotopic (exact) mass is 1370 g/mol. The summed E-state index contributed by atoms with van der Waals surface area (Å²) in [4.78, 5) is 79.9. The van der Waals surface area contributed by atoms with Gasteiger partial charge in [0.05, 0.1) is 44.2 Å². The Morgan fingerprint density at radius 3 is 1.16 bits per heavy atom. The molecule has 0 spiro atoms. The van der Waals surface area contributed by atoms with Crippen molar-refractivity contribution >= 4 is 35.3 Å². The molecule has 0 aromatic rings. The van der Waals surface area contributed by atoms with Crippen LogP contribution in [-0.2, 0) is 61.9 Å². The number of ketones is 1. The van der Waals surface area contributed by atoms with E-state index in [2.05, 4.69) is 40.4 Å². The van der Waals surface area contributed by atoms with E-state index in [1.54, 1.807) is 20.8 Å². The lowest BCUT2D eigenvalue weighted by atomic mass is 9.91. The number of rotatable bonds is 49. The van der Waals surface area contributed by atoms with Gasteiger partial charge in [0, 0.05) is 115 Å². The molecule has 14 N–H and O–H groups in total. The van der Waals surface area contributed by atoms with Gasteiger partial charge < -0.3 is 106 Å². The normalized spacial score (nSPS) is 26.2. The number of hydrogen-bond acceptors (Lipinski definition) is 22. The maximum atomic E-state index is 14.4. The van der Waals surface area contributed by atoms with Crippen LogP contribution in [0.1, 0.15) is 213 Å². The standard InChI is InChI=1S/C63H115N5O22.5CH4/c1-40(2)26-35-84-31-19-30-66-50(73)22-7-6-13-29-67-60(83)44(20-8-14-27-64-51(74)23-10-16-32-85-61-41(3)54(77)57(80)47(37-69)88-61)36-46(72)45(68-53(76)25-12-18-34-87-63-43(5)56(79)59(82)49(39-71)90-63)21-9-15-28-65-52(75)24-11-17-33-86-62-42(4)55(78)58(81)48(38-70)89-62;;;;;/h40-45,47-49,54-59,61-63,69-71,77-82H,6-39H2,1-5H3,(H,64,74)(H,65,75)(H,66,73)(H,67,83)(H,68,76);5*1H4/t41?,42?,43?,44?,45?,47?,48?,49?,54-,55-,56-,57+,58+,59+,61-,62-,63-;;;;;/m1...../s1. The van der Waals surface area contributed by atoms with Crippen LogP contribution in [-0.4, -0.2) is 240 Å². The van der Waals surface area contributed by atoms with Gasteiger partial charge >= 0.3 is 0 Å². The van der Waals surface area contributed by atoms with Gasteiger partial charge in [0.1, 0.15) is 36.6 Å². The highest BCUT2D eigenvalue weighted by Crippen LogP contribution is 2.30. The first-order valence-corrected chi connectivity index (χ1v) is 33.3. The molecule has 0 aliphatic carbocycles. The highest BCUT2D eigenvalue weighted by molar-refractivity contribution is 5.92. The van der Waals surface area contributed by atoms with Gasteiger partial charge in [-0.2, -0.15) is 0 Å². The van der Waals surface area contributed by atoms with E-state index in [0.29, 0.717) is 142 Å². The maximum absolute atomic E-state index is 14.4. The minimum Gasteiger partial charge on any atom is -0.394 e. The molecule has 0 aromatic carbocycles. The minimum atomic E-state index is -1.27. The number of aliphatic hydroxyl groups excluding tert-OH is 9. The van der Waals surface area contributed by atoms with Gasteiger partial charge in [-0.15, -0.1) is 0 Å². The molecule has 3 heterocycles. The predicted octanol–water partition coefficient (Wildman–Crippen LogP) is 3.83. The molecule has 8 unspecified atom stereocenters. The predicted molar refractivity (Wildman–Crippen MR) is 362 cm³/mol. The van der Waals surface area contributed by atoms with Gasteiger partial charge in [-0.3, -0.25) is 28.8 Å². The molecule has 5 amide bonds. The highest BCUT2D eigenvalue weighted by Gasteiger charge is 2.45. The van der Waals surface area contributed by atoms with Crippen molar-refractivity contribution in [1.29, 1.82) is 0 Å². The number of nitrogens with one attached hydrogen (secondary N) is 5. The second-order valence-electron chi connectivity index (χ2n) is 25.0. The molecule has 3 saturated heterocycles. The van der Waals surface area contributed by atoms with E-state index in [4.69, 9.17) is 33.2 Å². The zero-order chi connectivity index (χ0) is 66.4. The topological polar surface area (TPSA) is 409 Å². The number of Topliss-reactive ketones (excluding diaryl/α,β-unsaturated/α-hetero) is 1. The third kappa shape index (κ3) is 37.4. The molecule has 3 fully saturated rings. The highest BCUT2D eigenvalue weighted by atomic mass is 16.7. The van der Waals surface area contributed by atoms with Crippen LogP contribution in [0.5, 0.6) is 0 Å². The molecule has 17 atom stereocenters. The quantitative estimate of drug-likeness (QED) is 0.0385. The van der Waals surface area contributed by atoms with Crippen LogP contribution in [0.2, 0.25) is 0 Å². The fraction of sp³-hybridized carbons (Fsp3) is 0.912. The van der Waals surface area contributed by atoms with Crippen LogP contribution in [0, 0.1) is 29.6 Å². The Bertz CT molecular complexity index is 2000. The molecule has 27 nitrogen and oxygen atoms in total. The van der Waals surface area contributed by atoms with Gasteiger partial charge in [-0.25, -0.2) is 0 Å². The second-order valence-corrected chi connectivity index (χ2v) is 25.0. The second kappa shape index (κ2) is 55.2. The Hall–Kier alpha value is -3.62. The summed E-state index contributed by atoms with van der Waals surface area (Å²) in [5, 5.41) is 105. The van der Waals surface area contributed by atoms with Crippen LogP contribution < -0.4 is 26.6 Å². The SMILES string of the molecule is C.C.C.C.C.CC(C)CCOCCCNC(=O)CCCCCNC(=O)C(CCCCNC(=O)CCCCO[C@@H]1OC(CO)[C@H](O)[C@H](O)C1C)CC(=O)C(CCCCNC(=O)CCCCO[C@@H]1OC(CO)[C@H](O)[C@H](O)C1C)NC(=O)CCCCO[C@@H]1OC(CO)[C@H](O)[C@H](O)C1C. The molecule has 3 aliphatic heterocycles. The summed E-state index contributed by atoms with van der Waals surface area (Å²) in [7, 11) is 0.